The molecule has 1 aliphatic heterocycles. The predicted molar refractivity (Wildman–Crippen MR) is 137 cm³/mol. The summed E-state index contributed by atoms with van der Waals surface area (Å²) in [5.74, 6) is 1.02. The normalized spacial score (nSPS) is 14.9. The van der Waals surface area contributed by atoms with Crippen molar-refractivity contribution in [3.05, 3.63) is 100.0 Å². The van der Waals surface area contributed by atoms with Crippen LogP contribution < -0.4 is 15.6 Å². The second-order valence-corrected chi connectivity index (χ2v) is 9.49. The van der Waals surface area contributed by atoms with Crippen LogP contribution in [0.3, 0.4) is 0 Å². The summed E-state index contributed by atoms with van der Waals surface area (Å²) in [6.45, 7) is 2.90. The predicted octanol–water partition coefficient (Wildman–Crippen LogP) is 4.08. The van der Waals surface area contributed by atoms with Crippen molar-refractivity contribution < 1.29 is 13.9 Å². The molecule has 1 aliphatic carbocycles. The number of ketones is 1. The molecule has 1 N–H and O–H groups in total. The molecule has 0 unspecified atom stereocenters. The van der Waals surface area contributed by atoms with E-state index in [4.69, 9.17) is 4.74 Å². The maximum Gasteiger partial charge on any atom is 0.251 e. The summed E-state index contributed by atoms with van der Waals surface area (Å²) in [5, 5.41) is 3.35. The Balaban J connectivity index is 1.23. The first-order valence-corrected chi connectivity index (χ1v) is 12.4. The molecule has 0 spiro atoms. The molecule has 37 heavy (non-hydrogen) atoms. The Morgan fingerprint density at radius 2 is 1.73 bits per heavy atom. The van der Waals surface area contributed by atoms with E-state index in [2.05, 4.69) is 15.3 Å². The number of piperidine rings is 1. The van der Waals surface area contributed by atoms with Gasteiger partial charge in [-0.15, -0.1) is 0 Å². The summed E-state index contributed by atoms with van der Waals surface area (Å²) in [4.78, 5) is 34.9. The zero-order valence-electron chi connectivity index (χ0n) is 20.1. The van der Waals surface area contributed by atoms with Gasteiger partial charge in [-0.25, -0.2) is 14.4 Å². The van der Waals surface area contributed by atoms with Gasteiger partial charge in [-0.3, -0.25) is 9.59 Å². The van der Waals surface area contributed by atoms with Crippen molar-refractivity contribution in [3.8, 4) is 28.3 Å². The molecular weight excluding hydrogens is 471 g/mol. The highest BCUT2D eigenvalue weighted by molar-refractivity contribution is 6.20. The lowest BCUT2D eigenvalue weighted by molar-refractivity contribution is 0.103. The summed E-state index contributed by atoms with van der Waals surface area (Å²) in [6.07, 6.45) is 5.57. The maximum atomic E-state index is 13.9. The molecule has 1 saturated heterocycles. The topological polar surface area (TPSA) is 86.1 Å². The second kappa shape index (κ2) is 9.71. The Bertz CT molecular complexity index is 1540. The fourth-order valence-corrected chi connectivity index (χ4v) is 5.06. The fourth-order valence-electron chi connectivity index (χ4n) is 5.06. The SMILES string of the molecule is O=C1c2ccc(F)cc2-c2ccc(=O)n(Cc3cccc(-c4ncc(OCC5CCNCC5)cn4)c3)c21. The quantitative estimate of drug-likeness (QED) is 0.381. The van der Waals surface area contributed by atoms with Crippen LogP contribution in [-0.2, 0) is 6.54 Å². The Hall–Kier alpha value is -4.17. The number of ether oxygens (including phenoxy) is 1. The van der Waals surface area contributed by atoms with E-state index in [-0.39, 0.29) is 23.6 Å². The molecule has 0 saturated carbocycles. The van der Waals surface area contributed by atoms with E-state index in [9.17, 15) is 14.0 Å². The molecule has 7 nitrogen and oxygen atoms in total. The van der Waals surface area contributed by atoms with Crippen LogP contribution in [0, 0.1) is 11.7 Å². The number of nitrogens with zero attached hydrogens (tertiary/aromatic N) is 3. The van der Waals surface area contributed by atoms with Crippen molar-refractivity contribution in [2.45, 2.75) is 19.4 Å². The van der Waals surface area contributed by atoms with Gasteiger partial charge in [0.05, 0.1) is 25.5 Å². The van der Waals surface area contributed by atoms with Crippen molar-refractivity contribution in [2.24, 2.45) is 5.92 Å². The number of halogens is 1. The summed E-state index contributed by atoms with van der Waals surface area (Å²) in [6, 6.07) is 14.6. The summed E-state index contributed by atoms with van der Waals surface area (Å²) >= 11 is 0. The summed E-state index contributed by atoms with van der Waals surface area (Å²) in [7, 11) is 0. The Morgan fingerprint density at radius 3 is 2.54 bits per heavy atom. The number of hydrogen-bond donors (Lipinski definition) is 1. The molecule has 0 atom stereocenters. The number of rotatable bonds is 6. The Labute approximate surface area is 213 Å². The standard InChI is InChI=1S/C29H25FN4O3/c30-21-4-5-24-25(13-21)23-6-7-26(35)34(27(23)28(24)36)16-19-2-1-3-20(12-19)29-32-14-22(15-33-29)37-17-18-8-10-31-11-9-18/h1-7,12-15,18,31H,8-11,16-17H2. The van der Waals surface area contributed by atoms with Crippen molar-refractivity contribution in [3.63, 3.8) is 0 Å². The van der Waals surface area contributed by atoms with Crippen LogP contribution in [0.2, 0.25) is 0 Å². The van der Waals surface area contributed by atoms with Gasteiger partial charge in [0, 0.05) is 22.8 Å². The first-order chi connectivity index (χ1) is 18.1. The van der Waals surface area contributed by atoms with Crippen LogP contribution >= 0.6 is 0 Å². The highest BCUT2D eigenvalue weighted by Crippen LogP contribution is 2.36. The van der Waals surface area contributed by atoms with Crippen molar-refractivity contribution in [2.75, 3.05) is 19.7 Å². The average molecular weight is 497 g/mol. The van der Waals surface area contributed by atoms with E-state index in [0.29, 0.717) is 40.8 Å². The number of aromatic nitrogens is 3. The number of hydrogen-bond acceptors (Lipinski definition) is 6. The highest BCUT2D eigenvalue weighted by Gasteiger charge is 2.30. The molecule has 2 aromatic heterocycles. The number of nitrogens with one attached hydrogen (secondary N) is 1. The van der Waals surface area contributed by atoms with E-state index in [1.165, 1.54) is 28.8 Å². The van der Waals surface area contributed by atoms with E-state index < -0.39 is 5.82 Å². The summed E-state index contributed by atoms with van der Waals surface area (Å²) in [5.41, 5.74) is 3.08. The molecule has 186 valence electrons. The molecule has 2 aliphatic rings. The molecule has 0 bridgehead atoms. The average Bonchev–Trinajstić information content (AvgIpc) is 3.21. The maximum absolute atomic E-state index is 13.9. The third-order valence-electron chi connectivity index (χ3n) is 7.01. The second-order valence-electron chi connectivity index (χ2n) is 9.49. The van der Waals surface area contributed by atoms with E-state index in [0.717, 1.165) is 37.1 Å². The van der Waals surface area contributed by atoms with Gasteiger partial charge in [0.25, 0.3) is 5.56 Å². The largest absolute Gasteiger partial charge is 0.490 e. The van der Waals surface area contributed by atoms with E-state index >= 15 is 0 Å². The molecule has 1 fully saturated rings. The minimum atomic E-state index is -0.424. The van der Waals surface area contributed by atoms with Gasteiger partial charge in [-0.05, 0) is 73.3 Å². The van der Waals surface area contributed by atoms with Crippen LogP contribution in [0.4, 0.5) is 4.39 Å². The Morgan fingerprint density at radius 1 is 0.946 bits per heavy atom. The van der Waals surface area contributed by atoms with E-state index in [1.54, 1.807) is 18.5 Å². The first-order valence-electron chi connectivity index (χ1n) is 12.4. The minimum absolute atomic E-state index is 0.190. The molecule has 0 radical (unpaired) electrons. The zero-order chi connectivity index (χ0) is 25.4. The van der Waals surface area contributed by atoms with Crippen LogP contribution in [0.25, 0.3) is 22.5 Å². The van der Waals surface area contributed by atoms with Gasteiger partial charge in [-0.2, -0.15) is 0 Å². The lowest BCUT2D eigenvalue weighted by atomic mass is 9.99. The monoisotopic (exact) mass is 496 g/mol. The molecule has 8 heteroatoms. The number of benzene rings is 2. The molecular formula is C29H25FN4O3. The van der Waals surface area contributed by atoms with Gasteiger partial charge in [0.15, 0.2) is 11.6 Å². The number of carbonyl (C=O) groups is 1. The highest BCUT2D eigenvalue weighted by atomic mass is 19.1. The van der Waals surface area contributed by atoms with Crippen LogP contribution in [0.1, 0.15) is 34.5 Å². The van der Waals surface area contributed by atoms with Crippen molar-refractivity contribution in [1.29, 1.82) is 0 Å². The fraction of sp³-hybridized carbons (Fsp3) is 0.241. The molecule has 3 heterocycles. The van der Waals surface area contributed by atoms with Gasteiger partial charge in [-0.1, -0.05) is 18.2 Å². The lowest BCUT2D eigenvalue weighted by Crippen LogP contribution is -2.30. The Kier molecular flexibility index (Phi) is 6.10. The lowest BCUT2D eigenvalue weighted by Gasteiger charge is -2.22. The molecule has 6 rings (SSSR count). The molecule has 2 aromatic carbocycles. The van der Waals surface area contributed by atoms with Gasteiger partial charge in [0.1, 0.15) is 11.5 Å². The number of carbonyl (C=O) groups excluding carboxylic acids is 1. The minimum Gasteiger partial charge on any atom is -0.490 e. The van der Waals surface area contributed by atoms with Crippen molar-refractivity contribution in [1.82, 2.24) is 19.9 Å². The molecule has 4 aromatic rings. The summed E-state index contributed by atoms with van der Waals surface area (Å²) < 4.78 is 21.2. The van der Waals surface area contributed by atoms with E-state index in [1.807, 2.05) is 24.3 Å². The van der Waals surface area contributed by atoms with Gasteiger partial charge in [0.2, 0.25) is 5.78 Å². The van der Waals surface area contributed by atoms with Crippen LogP contribution in [0.5, 0.6) is 5.75 Å². The smallest absolute Gasteiger partial charge is 0.251 e. The molecule has 0 amide bonds. The van der Waals surface area contributed by atoms with Crippen LogP contribution in [0.15, 0.2) is 71.8 Å². The van der Waals surface area contributed by atoms with Crippen LogP contribution in [-0.4, -0.2) is 40.0 Å². The van der Waals surface area contributed by atoms with Crippen molar-refractivity contribution >= 4 is 5.78 Å². The zero-order valence-corrected chi connectivity index (χ0v) is 20.1. The van der Waals surface area contributed by atoms with Gasteiger partial charge >= 0.3 is 0 Å². The van der Waals surface area contributed by atoms with Gasteiger partial charge < -0.3 is 14.6 Å². The number of pyridine rings is 1. The third-order valence-corrected chi connectivity index (χ3v) is 7.01. The number of fused-ring (bicyclic) bond motifs is 3. The first kappa shape index (κ1) is 23.2. The third kappa shape index (κ3) is 4.56.